The van der Waals surface area contributed by atoms with E-state index in [1.807, 2.05) is 27.7 Å². The van der Waals surface area contributed by atoms with Gasteiger partial charge in [-0.25, -0.2) is 4.79 Å². The van der Waals surface area contributed by atoms with E-state index < -0.39 is 59.6 Å². The largest absolute Gasteiger partial charge is 0.457 e. The predicted octanol–water partition coefficient (Wildman–Crippen LogP) is 3.98. The molecule has 1 amide bonds. The van der Waals surface area contributed by atoms with Crippen LogP contribution in [0, 0.1) is 11.8 Å². The maximum Gasteiger partial charge on any atom is 0.410 e. The maximum absolute atomic E-state index is 13.4. The highest BCUT2D eigenvalue weighted by atomic mass is 16.6. The molecule has 10 atom stereocenters. The number of carbonyl (C=O) groups excluding carboxylic acids is 3. The van der Waals surface area contributed by atoms with Crippen LogP contribution in [-0.2, 0) is 28.5 Å². The number of aliphatic hydroxyl groups excluding tert-OH is 2. The number of aliphatic hydroxyl groups is 3. The minimum atomic E-state index is -1.32. The Morgan fingerprint density at radius 2 is 1.92 bits per heavy atom. The van der Waals surface area contributed by atoms with Crippen molar-refractivity contribution in [3.05, 3.63) is 36.0 Å². The molecule has 2 fully saturated rings. The number of cyclic esters (lactones) is 1. The molecule has 2 saturated heterocycles. The number of nitrogens with two attached hydrogens (primary N) is 1. The highest BCUT2D eigenvalue weighted by Gasteiger charge is 2.47. The molecule has 0 unspecified atom stereocenters. The monoisotopic (exact) mass is 731 g/mol. The van der Waals surface area contributed by atoms with Crippen molar-refractivity contribution in [3.63, 3.8) is 0 Å². The summed E-state index contributed by atoms with van der Waals surface area (Å²) in [7, 11) is 0. The van der Waals surface area contributed by atoms with Gasteiger partial charge in [-0.2, -0.15) is 0 Å². The van der Waals surface area contributed by atoms with Crippen molar-refractivity contribution in [1.29, 1.82) is 0 Å². The lowest BCUT2D eigenvalue weighted by Gasteiger charge is -2.38. The summed E-state index contributed by atoms with van der Waals surface area (Å²) in [6.07, 6.45) is 5.44. The molecule has 51 heavy (non-hydrogen) atoms. The summed E-state index contributed by atoms with van der Waals surface area (Å²) < 4.78 is 33.4. The van der Waals surface area contributed by atoms with E-state index in [2.05, 4.69) is 4.90 Å². The Bertz CT molecular complexity index is 1250. The van der Waals surface area contributed by atoms with Gasteiger partial charge < -0.3 is 44.9 Å². The Kier molecular flexibility index (Phi) is 16.6. The molecule has 296 valence electrons. The average Bonchev–Trinajstić information content (AvgIpc) is 3.85. The van der Waals surface area contributed by atoms with E-state index in [0.29, 0.717) is 51.1 Å². The molecule has 3 heterocycles. The number of ether oxygens (including phenoxy) is 4. The summed E-state index contributed by atoms with van der Waals surface area (Å²) in [6.45, 7) is 15.7. The van der Waals surface area contributed by atoms with Crippen LogP contribution in [0.3, 0.4) is 0 Å². The minimum absolute atomic E-state index is 0. The van der Waals surface area contributed by atoms with Crippen LogP contribution in [0.25, 0.3) is 0 Å². The lowest BCUT2D eigenvalue weighted by molar-refractivity contribution is -0.168. The minimum Gasteiger partial charge on any atom is -0.457 e. The highest BCUT2D eigenvalue weighted by Crippen LogP contribution is 2.38. The Hall–Kier alpha value is -2.81. The quantitative estimate of drug-likeness (QED) is 0.0746. The van der Waals surface area contributed by atoms with Crippen LogP contribution in [-0.4, -0.2) is 130 Å². The number of hydrogen-bond acceptors (Lipinski definition) is 12. The molecule has 0 aromatic heterocycles. The number of esters is 2. The van der Waals surface area contributed by atoms with Crippen LogP contribution in [0.1, 0.15) is 92.4 Å². The first kappa shape index (κ1) is 42.6. The molecule has 3 aliphatic rings. The van der Waals surface area contributed by atoms with Crippen molar-refractivity contribution in [2.45, 2.75) is 136 Å². The predicted molar refractivity (Wildman–Crippen MR) is 199 cm³/mol. The van der Waals surface area contributed by atoms with E-state index in [1.54, 1.807) is 49.1 Å². The van der Waals surface area contributed by atoms with Gasteiger partial charge in [-0.3, -0.25) is 14.5 Å². The molecular weight excluding hydrogens is 658 g/mol. The summed E-state index contributed by atoms with van der Waals surface area (Å²) in [5.74, 6) is -1.60. The Balaban J connectivity index is 0.00000690. The normalized spacial score (nSPS) is 32.8. The van der Waals surface area contributed by atoms with Gasteiger partial charge in [0.1, 0.15) is 11.7 Å². The zero-order valence-corrected chi connectivity index (χ0v) is 31.0. The molecule has 0 spiro atoms. The molecule has 3 aliphatic heterocycles. The van der Waals surface area contributed by atoms with Crippen LogP contribution in [0.4, 0.5) is 4.79 Å². The highest BCUT2D eigenvalue weighted by molar-refractivity contribution is 5.71. The maximum atomic E-state index is 13.4. The number of rotatable bonds is 12. The molecule has 0 aliphatic carbocycles. The number of epoxide rings is 1. The van der Waals surface area contributed by atoms with E-state index in [0.717, 1.165) is 6.54 Å². The van der Waals surface area contributed by atoms with Gasteiger partial charge in [-0.1, -0.05) is 52.5 Å². The third-order valence-electron chi connectivity index (χ3n) is 10.0. The van der Waals surface area contributed by atoms with E-state index in [4.69, 9.17) is 27.7 Å². The Labute approximate surface area is 309 Å². The van der Waals surface area contributed by atoms with E-state index in [-0.39, 0.29) is 46.2 Å². The van der Waals surface area contributed by atoms with Crippen LogP contribution in [0.2, 0.25) is 0 Å². The smallest absolute Gasteiger partial charge is 0.410 e. The van der Waals surface area contributed by atoms with Crippen LogP contribution in [0.5, 0.6) is 0 Å². The van der Waals surface area contributed by atoms with Crippen molar-refractivity contribution in [2.75, 3.05) is 39.3 Å². The number of hydrogen-bond donors (Lipinski definition) is 4. The second kappa shape index (κ2) is 19.9. The number of piperazine rings is 1. The van der Waals surface area contributed by atoms with Gasteiger partial charge in [0.2, 0.25) is 0 Å². The van der Waals surface area contributed by atoms with E-state index >= 15 is 0 Å². The standard InChI is InChI=1S/C37H61N3O10.CH4.2H2/c1-8-29(43)26(4)34-30(47-34)23-36(6,46)14-9-10-24(2)33-25(3)11-12-31(48-35(45)40-20-18-39(17-16-38)19-21-40)37(7,50-27(5)41)15-13-28(42)22-32(44)49-33;;;/h9-12,14,25-26,28-31,33-34,42-43,46H,8,13,15-23,38H2,1-7H3;1H4;2*1H/b12-11+,14-9+,24-10+;;;/t25-,26+,28+,29-,30+,31-,33+,34+,36-,37+;;;/m0.../s1/i;;1+1D;1+1. The molecule has 0 radical (unpaired) electrons. The van der Waals surface area contributed by atoms with E-state index in [9.17, 15) is 29.7 Å². The molecule has 13 nitrogen and oxygen atoms in total. The Morgan fingerprint density at radius 3 is 2.53 bits per heavy atom. The van der Waals surface area contributed by atoms with Gasteiger partial charge in [0.15, 0.2) is 6.10 Å². The lowest BCUT2D eigenvalue weighted by atomic mass is 9.88. The lowest BCUT2D eigenvalue weighted by Crippen LogP contribution is -2.52. The first-order valence-corrected chi connectivity index (χ1v) is 18.0. The van der Waals surface area contributed by atoms with E-state index in [1.165, 1.54) is 6.92 Å². The van der Waals surface area contributed by atoms with Crippen molar-refractivity contribution in [2.24, 2.45) is 17.6 Å². The molecule has 0 aromatic rings. The first-order valence-electron chi connectivity index (χ1n) is 19.0. The first-order chi connectivity index (χ1) is 24.5. The Morgan fingerprint density at radius 1 is 1.25 bits per heavy atom. The van der Waals surface area contributed by atoms with Crippen molar-refractivity contribution < 1.29 is 53.0 Å². The van der Waals surface area contributed by atoms with Crippen LogP contribution >= 0.6 is 0 Å². The van der Waals surface area contributed by atoms with Crippen LogP contribution < -0.4 is 5.73 Å². The number of nitrogens with zero attached hydrogens (tertiary/aromatic N) is 2. The second-order valence-electron chi connectivity index (χ2n) is 14.7. The SMILES string of the molecule is C.CC[C@H](O)[C@@H](C)[C@H]1O[C@@H]1C[C@@](C)(O)/C=C/C=C(\C)[C@H]1OC(=O)C[C@H](O)CC[C@@](C)(OC(C)=O)[C@@H](OC(=O)N2CCN(CCN)CC2)/C=C/[C@@H]1C.[2HH].[2H][2H]. The van der Waals surface area contributed by atoms with Gasteiger partial charge in [-0.15, -0.1) is 0 Å². The van der Waals surface area contributed by atoms with Crippen molar-refractivity contribution >= 4 is 18.0 Å². The molecule has 0 bridgehead atoms. The van der Waals surface area contributed by atoms with Gasteiger partial charge in [0.25, 0.3) is 0 Å². The number of carbonyl (C=O) groups is 3. The molecule has 13 heteroatoms. The van der Waals surface area contributed by atoms with Gasteiger partial charge in [0, 0.05) is 68.8 Å². The zero-order chi connectivity index (χ0) is 39.2. The fraction of sp³-hybridized carbons (Fsp3) is 0.763. The van der Waals surface area contributed by atoms with Crippen LogP contribution in [0.15, 0.2) is 36.0 Å². The number of allylic oxidation sites excluding steroid dienone is 2. The zero-order valence-electron chi connectivity index (χ0n) is 33.0. The summed E-state index contributed by atoms with van der Waals surface area (Å²) in [6, 6.07) is 0. The molecule has 0 saturated carbocycles. The summed E-state index contributed by atoms with van der Waals surface area (Å²) in [5, 5.41) is 32.0. The molecular formula is C38H69N3O10. The summed E-state index contributed by atoms with van der Waals surface area (Å²) in [5.41, 5.74) is 3.87. The third-order valence-corrected chi connectivity index (χ3v) is 10.0. The summed E-state index contributed by atoms with van der Waals surface area (Å²) in [4.78, 5) is 42.5. The van der Waals surface area contributed by atoms with Crippen molar-refractivity contribution in [1.82, 2.24) is 9.80 Å². The molecule has 5 N–H and O–H groups in total. The van der Waals surface area contributed by atoms with Gasteiger partial charge in [0.05, 0.1) is 36.4 Å². The fourth-order valence-corrected chi connectivity index (χ4v) is 6.75. The third kappa shape index (κ3) is 13.6. The number of amides is 1. The van der Waals surface area contributed by atoms with Crippen molar-refractivity contribution in [3.8, 4) is 0 Å². The summed E-state index contributed by atoms with van der Waals surface area (Å²) >= 11 is 0. The second-order valence-corrected chi connectivity index (χ2v) is 14.7. The fourth-order valence-electron chi connectivity index (χ4n) is 6.75. The van der Waals surface area contributed by atoms with Gasteiger partial charge >= 0.3 is 18.0 Å². The van der Waals surface area contributed by atoms with Gasteiger partial charge in [-0.05, 0) is 51.7 Å². The molecule has 3 rings (SSSR count). The topological polar surface area (TPSA) is 185 Å². The molecule has 0 aromatic carbocycles. The average molecular weight is 731 g/mol.